The molecule has 10 heavy (non-hydrogen) atoms. The van der Waals surface area contributed by atoms with E-state index in [-0.39, 0.29) is 5.97 Å². The van der Waals surface area contributed by atoms with Gasteiger partial charge in [0.25, 0.3) is 0 Å². The van der Waals surface area contributed by atoms with E-state index in [1.807, 2.05) is 0 Å². The zero-order chi connectivity index (χ0) is 7.98. The van der Waals surface area contributed by atoms with Crippen molar-refractivity contribution in [2.45, 2.75) is 13.8 Å². The normalized spacial score (nSPS) is 12.1. The van der Waals surface area contributed by atoms with Gasteiger partial charge in [-0.15, -0.1) is 9.24 Å². The van der Waals surface area contributed by atoms with Crippen LogP contribution in [0.25, 0.3) is 0 Å². The highest BCUT2D eigenvalue weighted by molar-refractivity contribution is 7.20. The van der Waals surface area contributed by atoms with E-state index in [4.69, 9.17) is 0 Å². The predicted molar refractivity (Wildman–Crippen MR) is 44.4 cm³/mol. The third kappa shape index (κ3) is 3.41. The summed E-state index contributed by atoms with van der Waals surface area (Å²) in [7, 11) is 2.34. The van der Waals surface area contributed by atoms with Gasteiger partial charge in [0.2, 0.25) is 0 Å². The third-order valence-electron chi connectivity index (χ3n) is 0.883. The first kappa shape index (κ1) is 9.38. The van der Waals surface area contributed by atoms with Gasteiger partial charge in [-0.1, -0.05) is 11.9 Å². The van der Waals surface area contributed by atoms with Gasteiger partial charge < -0.3 is 4.74 Å². The summed E-state index contributed by atoms with van der Waals surface area (Å²) in [6, 6.07) is 0. The summed E-state index contributed by atoms with van der Waals surface area (Å²) in [5.41, 5.74) is 0.586. The van der Waals surface area contributed by atoms with Gasteiger partial charge in [0.1, 0.15) is 0 Å². The van der Waals surface area contributed by atoms with Crippen molar-refractivity contribution in [3.8, 4) is 0 Å². The number of carbonyl (C=O) groups is 1. The molecule has 0 heterocycles. The lowest BCUT2D eigenvalue weighted by molar-refractivity contribution is -0.133. The van der Waals surface area contributed by atoms with Gasteiger partial charge in [-0.3, -0.25) is 0 Å². The van der Waals surface area contributed by atoms with Crippen LogP contribution in [0.3, 0.4) is 0 Å². The Morgan fingerprint density at radius 3 is 2.60 bits per heavy atom. The van der Waals surface area contributed by atoms with E-state index in [1.165, 1.54) is 6.26 Å². The summed E-state index contributed by atoms with van der Waals surface area (Å²) >= 11 is 0. The van der Waals surface area contributed by atoms with Crippen molar-refractivity contribution in [2.75, 3.05) is 0 Å². The molecule has 0 rings (SSSR count). The quantitative estimate of drug-likeness (QED) is 0.265. The van der Waals surface area contributed by atoms with Crippen LogP contribution < -0.4 is 0 Å². The number of hydrogen-bond acceptors (Lipinski definition) is 2. The van der Waals surface area contributed by atoms with Gasteiger partial charge >= 0.3 is 5.97 Å². The van der Waals surface area contributed by atoms with Crippen molar-refractivity contribution in [2.24, 2.45) is 0 Å². The maximum absolute atomic E-state index is 10.8. The lowest BCUT2D eigenvalue weighted by atomic mass is 10.4. The molecule has 1 unspecified atom stereocenters. The summed E-state index contributed by atoms with van der Waals surface area (Å²) < 4.78 is 4.64. The molecule has 0 saturated heterocycles. The first-order chi connectivity index (χ1) is 4.72. The maximum Gasteiger partial charge on any atom is 0.338 e. The van der Waals surface area contributed by atoms with E-state index in [0.717, 1.165) is 0 Å². The molecule has 0 aliphatic rings. The van der Waals surface area contributed by atoms with Gasteiger partial charge in [-0.2, -0.15) is 0 Å². The first-order valence-corrected chi connectivity index (χ1v) is 3.59. The SMILES string of the molecule is C/C=C/OC(=O)/C(C)=C/P. The minimum Gasteiger partial charge on any atom is -0.431 e. The molecule has 0 spiro atoms. The molecule has 0 radical (unpaired) electrons. The average Bonchev–Trinajstić information content (AvgIpc) is 1.98. The zero-order valence-corrected chi connectivity index (χ0v) is 7.28. The Bertz CT molecular complexity index is 170. The molecule has 3 heteroatoms. The van der Waals surface area contributed by atoms with Crippen LogP contribution >= 0.6 is 9.24 Å². The number of rotatable bonds is 2. The van der Waals surface area contributed by atoms with Crippen LogP contribution in [0.5, 0.6) is 0 Å². The van der Waals surface area contributed by atoms with Crippen molar-refractivity contribution in [3.05, 3.63) is 23.7 Å². The Kier molecular flexibility index (Phi) is 4.87. The first-order valence-electron chi connectivity index (χ1n) is 2.93. The highest BCUT2D eigenvalue weighted by Crippen LogP contribution is 2.00. The van der Waals surface area contributed by atoms with Gasteiger partial charge in [-0.05, 0) is 13.8 Å². The standard InChI is InChI=1S/C7H11O2P/c1-3-4-9-7(8)6(2)5-10/h3-5H,10H2,1-2H3/b4-3+,6-5+. The molecule has 56 valence electrons. The Hall–Kier alpha value is -0.620. The molecular weight excluding hydrogens is 147 g/mol. The topological polar surface area (TPSA) is 26.3 Å². The van der Waals surface area contributed by atoms with Crippen molar-refractivity contribution in [1.29, 1.82) is 0 Å². The van der Waals surface area contributed by atoms with Crippen LogP contribution in [0, 0.1) is 0 Å². The van der Waals surface area contributed by atoms with E-state index < -0.39 is 0 Å². The Morgan fingerprint density at radius 2 is 2.20 bits per heavy atom. The lowest BCUT2D eigenvalue weighted by Gasteiger charge is -1.95. The molecule has 0 aromatic heterocycles. The van der Waals surface area contributed by atoms with Gasteiger partial charge in [0.05, 0.1) is 6.26 Å². The summed E-state index contributed by atoms with van der Waals surface area (Å²) in [5.74, 6) is 1.32. The second-order valence-electron chi connectivity index (χ2n) is 1.72. The van der Waals surface area contributed by atoms with Crippen LogP contribution in [0.15, 0.2) is 23.7 Å². The van der Waals surface area contributed by atoms with E-state index >= 15 is 0 Å². The minimum absolute atomic E-state index is 0.312. The molecule has 0 aromatic carbocycles. The van der Waals surface area contributed by atoms with E-state index in [0.29, 0.717) is 5.57 Å². The smallest absolute Gasteiger partial charge is 0.338 e. The lowest BCUT2D eigenvalue weighted by Crippen LogP contribution is -1.99. The number of esters is 1. The second kappa shape index (κ2) is 5.19. The monoisotopic (exact) mass is 158 g/mol. The van der Waals surface area contributed by atoms with Crippen molar-refractivity contribution >= 4 is 15.2 Å². The highest BCUT2D eigenvalue weighted by atomic mass is 31.0. The fourth-order valence-corrected chi connectivity index (χ4v) is 0.427. The fourth-order valence-electron chi connectivity index (χ4n) is 0.291. The van der Waals surface area contributed by atoms with Crippen molar-refractivity contribution in [3.63, 3.8) is 0 Å². The van der Waals surface area contributed by atoms with Crippen LogP contribution in [-0.2, 0) is 9.53 Å². The van der Waals surface area contributed by atoms with Crippen LogP contribution in [0.2, 0.25) is 0 Å². The van der Waals surface area contributed by atoms with Crippen LogP contribution in [-0.4, -0.2) is 5.97 Å². The molecule has 0 aliphatic heterocycles. The third-order valence-corrected chi connectivity index (χ3v) is 1.38. The number of ether oxygens (including phenoxy) is 1. The second-order valence-corrected chi connectivity index (χ2v) is 2.06. The molecule has 2 nitrogen and oxygen atoms in total. The number of allylic oxidation sites excluding steroid dienone is 1. The van der Waals surface area contributed by atoms with Gasteiger partial charge in [-0.25, -0.2) is 4.79 Å². The Morgan fingerprint density at radius 1 is 1.60 bits per heavy atom. The fraction of sp³-hybridized carbons (Fsp3) is 0.286. The molecular formula is C7H11O2P. The minimum atomic E-state index is -0.312. The molecule has 0 N–H and O–H groups in total. The maximum atomic E-state index is 10.8. The predicted octanol–water partition coefficient (Wildman–Crippen LogP) is 1.84. The van der Waals surface area contributed by atoms with E-state index in [1.54, 1.807) is 25.7 Å². The molecule has 0 aliphatic carbocycles. The molecule has 0 bridgehead atoms. The van der Waals surface area contributed by atoms with E-state index in [2.05, 4.69) is 14.0 Å². The highest BCUT2D eigenvalue weighted by Gasteiger charge is 2.00. The Labute approximate surface area is 63.2 Å². The summed E-state index contributed by atoms with van der Waals surface area (Å²) in [4.78, 5) is 10.8. The Balaban J connectivity index is 3.86. The van der Waals surface area contributed by atoms with Crippen molar-refractivity contribution < 1.29 is 9.53 Å². The van der Waals surface area contributed by atoms with Gasteiger partial charge in [0.15, 0.2) is 0 Å². The van der Waals surface area contributed by atoms with Crippen LogP contribution in [0.1, 0.15) is 13.8 Å². The zero-order valence-electron chi connectivity index (χ0n) is 6.13. The average molecular weight is 158 g/mol. The number of hydrogen-bond donors (Lipinski definition) is 0. The van der Waals surface area contributed by atoms with Gasteiger partial charge in [0, 0.05) is 5.57 Å². The summed E-state index contributed by atoms with van der Waals surface area (Å²) in [6.07, 6.45) is 3.02. The molecule has 0 saturated carbocycles. The summed E-state index contributed by atoms with van der Waals surface area (Å²) in [5, 5.41) is 0. The molecule has 1 atom stereocenters. The van der Waals surface area contributed by atoms with Crippen LogP contribution in [0.4, 0.5) is 0 Å². The largest absolute Gasteiger partial charge is 0.431 e. The van der Waals surface area contributed by atoms with Crippen molar-refractivity contribution in [1.82, 2.24) is 0 Å². The molecule has 0 aromatic rings. The molecule has 0 amide bonds. The summed E-state index contributed by atoms with van der Waals surface area (Å²) in [6.45, 7) is 3.48. The van der Waals surface area contributed by atoms with E-state index in [9.17, 15) is 4.79 Å². The number of carbonyl (C=O) groups excluding carboxylic acids is 1. The molecule has 0 fully saturated rings.